The number of nitrogens with one attached hydrogen (secondary N) is 1. The molecule has 1 amide bonds. The first-order valence-corrected chi connectivity index (χ1v) is 9.04. The van der Waals surface area contributed by atoms with E-state index < -0.39 is 0 Å². The molecule has 1 heterocycles. The SMILES string of the molecule is CCN(CC(=O)Nc1cc(C)nn1-c1ccc(F)cc1)Cc1cccc(F)c1. The Morgan fingerprint density at radius 1 is 1.11 bits per heavy atom. The predicted octanol–water partition coefficient (Wildman–Crippen LogP) is 3.92. The molecule has 0 aliphatic rings. The Balaban J connectivity index is 1.69. The van der Waals surface area contributed by atoms with Crippen LogP contribution in [0.3, 0.4) is 0 Å². The highest BCUT2D eigenvalue weighted by molar-refractivity contribution is 5.91. The molecule has 0 spiro atoms. The van der Waals surface area contributed by atoms with Crippen molar-refractivity contribution >= 4 is 11.7 Å². The number of anilines is 1. The van der Waals surface area contributed by atoms with E-state index in [2.05, 4.69) is 10.4 Å². The Morgan fingerprint density at radius 2 is 1.86 bits per heavy atom. The molecule has 1 aromatic heterocycles. The van der Waals surface area contributed by atoms with Crippen LogP contribution in [-0.2, 0) is 11.3 Å². The molecule has 7 heteroatoms. The van der Waals surface area contributed by atoms with E-state index in [4.69, 9.17) is 0 Å². The molecule has 0 unspecified atom stereocenters. The fourth-order valence-electron chi connectivity index (χ4n) is 2.93. The molecule has 0 aliphatic carbocycles. The number of aromatic nitrogens is 2. The number of carbonyl (C=O) groups is 1. The predicted molar refractivity (Wildman–Crippen MR) is 104 cm³/mol. The zero-order chi connectivity index (χ0) is 20.1. The maximum atomic E-state index is 13.4. The van der Waals surface area contributed by atoms with Crippen molar-refractivity contribution in [2.75, 3.05) is 18.4 Å². The van der Waals surface area contributed by atoms with Crippen molar-refractivity contribution in [2.24, 2.45) is 0 Å². The number of hydrogen-bond acceptors (Lipinski definition) is 3. The van der Waals surface area contributed by atoms with E-state index in [9.17, 15) is 13.6 Å². The average molecular weight is 384 g/mol. The number of halogens is 2. The summed E-state index contributed by atoms with van der Waals surface area (Å²) in [6.07, 6.45) is 0. The Kier molecular flexibility index (Phi) is 6.16. The van der Waals surface area contributed by atoms with Crippen molar-refractivity contribution in [1.29, 1.82) is 0 Å². The van der Waals surface area contributed by atoms with Gasteiger partial charge in [0.15, 0.2) is 0 Å². The Labute approximate surface area is 162 Å². The van der Waals surface area contributed by atoms with E-state index in [-0.39, 0.29) is 24.1 Å². The fourth-order valence-corrected chi connectivity index (χ4v) is 2.93. The van der Waals surface area contributed by atoms with E-state index in [1.807, 2.05) is 24.8 Å². The van der Waals surface area contributed by atoms with Gasteiger partial charge in [0.2, 0.25) is 5.91 Å². The van der Waals surface area contributed by atoms with Gasteiger partial charge in [0.25, 0.3) is 0 Å². The molecule has 0 bridgehead atoms. The Morgan fingerprint density at radius 3 is 2.54 bits per heavy atom. The van der Waals surface area contributed by atoms with Crippen LogP contribution < -0.4 is 5.32 Å². The lowest BCUT2D eigenvalue weighted by Gasteiger charge is -2.20. The Bertz CT molecular complexity index is 953. The smallest absolute Gasteiger partial charge is 0.239 e. The van der Waals surface area contributed by atoms with Gasteiger partial charge in [-0.25, -0.2) is 13.5 Å². The monoisotopic (exact) mass is 384 g/mol. The molecule has 28 heavy (non-hydrogen) atoms. The summed E-state index contributed by atoms with van der Waals surface area (Å²) >= 11 is 0. The van der Waals surface area contributed by atoms with Gasteiger partial charge in [-0.1, -0.05) is 19.1 Å². The molecular formula is C21H22F2N4O. The van der Waals surface area contributed by atoms with Crippen LogP contribution in [0.2, 0.25) is 0 Å². The molecule has 2 aromatic carbocycles. The summed E-state index contributed by atoms with van der Waals surface area (Å²) in [5, 5.41) is 7.22. The topological polar surface area (TPSA) is 50.2 Å². The molecule has 3 rings (SSSR count). The summed E-state index contributed by atoms with van der Waals surface area (Å²) in [4.78, 5) is 14.5. The van der Waals surface area contributed by atoms with Crippen molar-refractivity contribution in [3.05, 3.63) is 77.5 Å². The van der Waals surface area contributed by atoms with Crippen molar-refractivity contribution in [1.82, 2.24) is 14.7 Å². The zero-order valence-electron chi connectivity index (χ0n) is 15.8. The van der Waals surface area contributed by atoms with Crippen LogP contribution in [0.4, 0.5) is 14.6 Å². The molecule has 0 radical (unpaired) electrons. The molecule has 1 N–H and O–H groups in total. The van der Waals surface area contributed by atoms with Gasteiger partial charge in [-0.3, -0.25) is 9.69 Å². The first kappa shape index (κ1) is 19.7. The molecule has 146 valence electrons. The van der Waals surface area contributed by atoms with E-state index in [0.717, 1.165) is 11.3 Å². The second-order valence-corrected chi connectivity index (χ2v) is 6.54. The lowest BCUT2D eigenvalue weighted by molar-refractivity contribution is -0.117. The summed E-state index contributed by atoms with van der Waals surface area (Å²) in [7, 11) is 0. The number of carbonyl (C=O) groups excluding carboxylic acids is 1. The second-order valence-electron chi connectivity index (χ2n) is 6.54. The lowest BCUT2D eigenvalue weighted by Crippen LogP contribution is -2.33. The van der Waals surface area contributed by atoms with Crippen LogP contribution in [0, 0.1) is 18.6 Å². The number of hydrogen-bond donors (Lipinski definition) is 1. The van der Waals surface area contributed by atoms with Gasteiger partial charge in [-0.2, -0.15) is 5.10 Å². The maximum absolute atomic E-state index is 13.4. The summed E-state index contributed by atoms with van der Waals surface area (Å²) in [5.41, 5.74) is 2.19. The van der Waals surface area contributed by atoms with E-state index in [1.165, 1.54) is 24.3 Å². The number of rotatable bonds is 7. The van der Waals surface area contributed by atoms with Gasteiger partial charge >= 0.3 is 0 Å². The number of nitrogens with zero attached hydrogens (tertiary/aromatic N) is 3. The van der Waals surface area contributed by atoms with Gasteiger partial charge in [0, 0.05) is 12.6 Å². The first-order valence-electron chi connectivity index (χ1n) is 9.04. The third-order valence-corrected chi connectivity index (χ3v) is 4.28. The third-order valence-electron chi connectivity index (χ3n) is 4.28. The normalized spacial score (nSPS) is 11.0. The Hall–Kier alpha value is -3.06. The van der Waals surface area contributed by atoms with Crippen molar-refractivity contribution < 1.29 is 13.6 Å². The number of benzene rings is 2. The maximum Gasteiger partial charge on any atom is 0.239 e. The molecule has 0 fully saturated rings. The minimum Gasteiger partial charge on any atom is -0.309 e. The largest absolute Gasteiger partial charge is 0.309 e. The van der Waals surface area contributed by atoms with Crippen LogP contribution in [0.15, 0.2) is 54.6 Å². The van der Waals surface area contributed by atoms with E-state index in [1.54, 1.807) is 28.9 Å². The number of aryl methyl sites for hydroxylation is 1. The molecule has 3 aromatic rings. The lowest BCUT2D eigenvalue weighted by atomic mass is 10.2. The molecular weight excluding hydrogens is 362 g/mol. The minimum atomic E-state index is -0.339. The van der Waals surface area contributed by atoms with Crippen LogP contribution in [0.5, 0.6) is 0 Å². The third kappa shape index (κ3) is 5.01. The number of amides is 1. The van der Waals surface area contributed by atoms with Crippen LogP contribution in [-0.4, -0.2) is 33.7 Å². The molecule has 0 aliphatic heterocycles. The average Bonchev–Trinajstić information content (AvgIpc) is 3.01. The van der Waals surface area contributed by atoms with Crippen LogP contribution in [0.1, 0.15) is 18.2 Å². The highest BCUT2D eigenvalue weighted by Crippen LogP contribution is 2.18. The van der Waals surface area contributed by atoms with E-state index >= 15 is 0 Å². The standard InChI is InChI=1S/C21H22F2N4O/c1-3-26(13-16-5-4-6-18(23)12-16)14-21(28)24-20-11-15(2)25-27(20)19-9-7-17(22)8-10-19/h4-12H,3,13-14H2,1-2H3,(H,24,28). The highest BCUT2D eigenvalue weighted by Gasteiger charge is 2.14. The summed E-state index contributed by atoms with van der Waals surface area (Å²) in [6.45, 7) is 5.02. The van der Waals surface area contributed by atoms with Crippen LogP contribution >= 0.6 is 0 Å². The molecule has 0 atom stereocenters. The van der Waals surface area contributed by atoms with Crippen molar-refractivity contribution in [2.45, 2.75) is 20.4 Å². The quantitative estimate of drug-likeness (QED) is 0.672. The summed E-state index contributed by atoms with van der Waals surface area (Å²) in [5.74, 6) is -0.330. The van der Waals surface area contributed by atoms with Crippen molar-refractivity contribution in [3.8, 4) is 5.69 Å². The second kappa shape index (κ2) is 8.75. The molecule has 0 saturated carbocycles. The first-order chi connectivity index (χ1) is 13.4. The molecule has 5 nitrogen and oxygen atoms in total. The minimum absolute atomic E-state index is 0.153. The van der Waals surface area contributed by atoms with Gasteiger partial charge < -0.3 is 5.32 Å². The van der Waals surface area contributed by atoms with Gasteiger partial charge in [-0.05, 0) is 55.4 Å². The van der Waals surface area contributed by atoms with Gasteiger partial charge in [0.1, 0.15) is 17.5 Å². The van der Waals surface area contributed by atoms with Gasteiger partial charge in [-0.15, -0.1) is 0 Å². The van der Waals surface area contributed by atoms with Gasteiger partial charge in [0.05, 0.1) is 17.9 Å². The number of likely N-dealkylation sites (N-methyl/N-ethyl adjacent to an activating group) is 1. The molecule has 0 saturated heterocycles. The summed E-state index contributed by atoms with van der Waals surface area (Å²) in [6, 6.07) is 14.0. The zero-order valence-corrected chi connectivity index (χ0v) is 15.8. The highest BCUT2D eigenvalue weighted by atomic mass is 19.1. The van der Waals surface area contributed by atoms with Crippen molar-refractivity contribution in [3.63, 3.8) is 0 Å². The fraction of sp³-hybridized carbons (Fsp3) is 0.238. The van der Waals surface area contributed by atoms with E-state index in [0.29, 0.717) is 24.6 Å². The van der Waals surface area contributed by atoms with Crippen LogP contribution in [0.25, 0.3) is 5.69 Å². The summed E-state index contributed by atoms with van der Waals surface area (Å²) < 4.78 is 28.1.